The fourth-order valence-corrected chi connectivity index (χ4v) is 2.15. The van der Waals surface area contributed by atoms with E-state index in [0.29, 0.717) is 0 Å². The number of ether oxygens (including phenoxy) is 2. The number of fused-ring (bicyclic) bond motifs is 1. The standard InChI is InChI=1S/C15H23NO3/c17-9-3-1-2-8-16-12-13-6-4-7-14-15(13)19-11-5-10-18-14/h4,6-7,16-17H,1-3,5,8-12H2. The third-order valence-corrected chi connectivity index (χ3v) is 3.18. The highest BCUT2D eigenvalue weighted by Gasteiger charge is 2.13. The summed E-state index contributed by atoms with van der Waals surface area (Å²) in [4.78, 5) is 0. The second kappa shape index (κ2) is 8.02. The molecule has 1 heterocycles. The quantitative estimate of drug-likeness (QED) is 0.741. The topological polar surface area (TPSA) is 50.7 Å². The van der Waals surface area contributed by atoms with Gasteiger partial charge >= 0.3 is 0 Å². The van der Waals surface area contributed by atoms with Gasteiger partial charge in [-0.15, -0.1) is 0 Å². The Morgan fingerprint density at radius 3 is 2.89 bits per heavy atom. The van der Waals surface area contributed by atoms with E-state index in [0.717, 1.165) is 69.0 Å². The summed E-state index contributed by atoms with van der Waals surface area (Å²) in [7, 11) is 0. The molecule has 106 valence electrons. The molecule has 1 aliphatic rings. The van der Waals surface area contributed by atoms with E-state index in [2.05, 4.69) is 11.4 Å². The predicted octanol–water partition coefficient (Wildman–Crippen LogP) is 2.10. The Morgan fingerprint density at radius 1 is 1.11 bits per heavy atom. The van der Waals surface area contributed by atoms with E-state index in [1.165, 1.54) is 0 Å². The minimum absolute atomic E-state index is 0.289. The second-order valence-corrected chi connectivity index (χ2v) is 4.76. The molecule has 0 saturated heterocycles. The van der Waals surface area contributed by atoms with E-state index in [9.17, 15) is 0 Å². The van der Waals surface area contributed by atoms with Gasteiger partial charge in [0.2, 0.25) is 0 Å². The summed E-state index contributed by atoms with van der Waals surface area (Å²) >= 11 is 0. The van der Waals surface area contributed by atoms with E-state index < -0.39 is 0 Å². The van der Waals surface area contributed by atoms with Gasteiger partial charge in [-0.1, -0.05) is 12.1 Å². The zero-order valence-electron chi connectivity index (χ0n) is 11.4. The molecule has 0 aliphatic carbocycles. The molecule has 4 nitrogen and oxygen atoms in total. The lowest BCUT2D eigenvalue weighted by molar-refractivity contribution is 0.282. The van der Waals surface area contributed by atoms with Gasteiger partial charge in [-0.05, 0) is 31.9 Å². The van der Waals surface area contributed by atoms with Crippen LogP contribution in [0.25, 0.3) is 0 Å². The molecular weight excluding hydrogens is 242 g/mol. The van der Waals surface area contributed by atoms with Crippen molar-refractivity contribution in [3.63, 3.8) is 0 Å². The van der Waals surface area contributed by atoms with Gasteiger partial charge in [-0.25, -0.2) is 0 Å². The summed E-state index contributed by atoms with van der Waals surface area (Å²) < 4.78 is 11.4. The lowest BCUT2D eigenvalue weighted by Gasteiger charge is -2.13. The molecule has 0 unspecified atom stereocenters. The van der Waals surface area contributed by atoms with Gasteiger partial charge in [0.05, 0.1) is 13.2 Å². The maximum atomic E-state index is 8.71. The number of hydrogen-bond donors (Lipinski definition) is 2. The van der Waals surface area contributed by atoms with Crippen molar-refractivity contribution < 1.29 is 14.6 Å². The molecule has 2 N–H and O–H groups in total. The lowest BCUT2D eigenvalue weighted by Crippen LogP contribution is -2.15. The first-order chi connectivity index (χ1) is 9.42. The van der Waals surface area contributed by atoms with E-state index >= 15 is 0 Å². The summed E-state index contributed by atoms with van der Waals surface area (Å²) in [5.74, 6) is 1.75. The van der Waals surface area contributed by atoms with E-state index in [1.807, 2.05) is 12.1 Å². The maximum Gasteiger partial charge on any atom is 0.165 e. The van der Waals surface area contributed by atoms with Crippen molar-refractivity contribution in [3.05, 3.63) is 23.8 Å². The first-order valence-corrected chi connectivity index (χ1v) is 7.11. The summed E-state index contributed by atoms with van der Waals surface area (Å²) in [6.07, 6.45) is 3.98. The summed E-state index contributed by atoms with van der Waals surface area (Å²) in [5.41, 5.74) is 1.15. The number of nitrogens with one attached hydrogen (secondary N) is 1. The van der Waals surface area contributed by atoms with Crippen molar-refractivity contribution in [1.82, 2.24) is 5.32 Å². The third kappa shape index (κ3) is 4.40. The normalized spacial score (nSPS) is 14.2. The molecule has 19 heavy (non-hydrogen) atoms. The van der Waals surface area contributed by atoms with Crippen LogP contribution in [-0.2, 0) is 6.54 Å². The van der Waals surface area contributed by atoms with Gasteiger partial charge in [0.15, 0.2) is 11.5 Å². The van der Waals surface area contributed by atoms with Crippen LogP contribution in [-0.4, -0.2) is 31.5 Å². The fourth-order valence-electron chi connectivity index (χ4n) is 2.15. The van der Waals surface area contributed by atoms with Gasteiger partial charge in [-0.3, -0.25) is 0 Å². The number of aliphatic hydroxyl groups excluding tert-OH is 1. The molecule has 0 amide bonds. The van der Waals surface area contributed by atoms with E-state index in [4.69, 9.17) is 14.6 Å². The Morgan fingerprint density at radius 2 is 2.00 bits per heavy atom. The van der Waals surface area contributed by atoms with Crippen molar-refractivity contribution in [2.45, 2.75) is 32.2 Å². The summed E-state index contributed by atoms with van der Waals surface area (Å²) in [5, 5.41) is 12.1. The molecule has 1 aromatic carbocycles. The van der Waals surface area contributed by atoms with Crippen LogP contribution in [0, 0.1) is 0 Å². The fraction of sp³-hybridized carbons (Fsp3) is 0.600. The molecule has 4 heteroatoms. The van der Waals surface area contributed by atoms with Crippen LogP contribution < -0.4 is 14.8 Å². The number of hydrogen-bond acceptors (Lipinski definition) is 4. The molecule has 0 atom stereocenters. The zero-order valence-corrected chi connectivity index (χ0v) is 11.4. The van der Waals surface area contributed by atoms with Crippen molar-refractivity contribution in [2.75, 3.05) is 26.4 Å². The second-order valence-electron chi connectivity index (χ2n) is 4.76. The molecule has 0 spiro atoms. The van der Waals surface area contributed by atoms with E-state index in [1.54, 1.807) is 0 Å². The van der Waals surface area contributed by atoms with Crippen molar-refractivity contribution >= 4 is 0 Å². The van der Waals surface area contributed by atoms with Gasteiger partial charge < -0.3 is 19.9 Å². The Kier molecular flexibility index (Phi) is 5.98. The summed E-state index contributed by atoms with van der Waals surface area (Å²) in [6.45, 7) is 3.50. The first kappa shape index (κ1) is 14.2. The van der Waals surface area contributed by atoms with Gasteiger partial charge in [0.25, 0.3) is 0 Å². The van der Waals surface area contributed by atoms with Gasteiger partial charge in [-0.2, -0.15) is 0 Å². The van der Waals surface area contributed by atoms with Crippen LogP contribution >= 0.6 is 0 Å². The van der Waals surface area contributed by atoms with Crippen LogP contribution in [0.15, 0.2) is 18.2 Å². The van der Waals surface area contributed by atoms with E-state index in [-0.39, 0.29) is 6.61 Å². The molecule has 0 saturated carbocycles. The van der Waals surface area contributed by atoms with Crippen molar-refractivity contribution in [1.29, 1.82) is 0 Å². The van der Waals surface area contributed by atoms with Crippen molar-refractivity contribution in [3.8, 4) is 11.5 Å². The SMILES string of the molecule is OCCCCCNCc1cccc2c1OCCCO2. The largest absolute Gasteiger partial charge is 0.490 e. The Bertz CT molecular complexity index is 382. The van der Waals surface area contributed by atoms with Crippen LogP contribution in [0.4, 0.5) is 0 Å². The highest BCUT2D eigenvalue weighted by atomic mass is 16.5. The Labute approximate surface area is 114 Å². The van der Waals surface area contributed by atoms with Crippen LogP contribution in [0.2, 0.25) is 0 Å². The monoisotopic (exact) mass is 265 g/mol. The van der Waals surface area contributed by atoms with Crippen LogP contribution in [0.3, 0.4) is 0 Å². The third-order valence-electron chi connectivity index (χ3n) is 3.18. The maximum absolute atomic E-state index is 8.71. The first-order valence-electron chi connectivity index (χ1n) is 7.11. The molecule has 1 aliphatic heterocycles. The number of unbranched alkanes of at least 4 members (excludes halogenated alkanes) is 2. The Hall–Kier alpha value is -1.26. The average molecular weight is 265 g/mol. The molecular formula is C15H23NO3. The highest BCUT2D eigenvalue weighted by Crippen LogP contribution is 2.33. The highest BCUT2D eigenvalue weighted by molar-refractivity contribution is 5.46. The zero-order chi connectivity index (χ0) is 13.3. The molecule has 1 aromatic rings. The molecule has 0 fully saturated rings. The van der Waals surface area contributed by atoms with Gasteiger partial charge in [0.1, 0.15) is 0 Å². The number of para-hydroxylation sites is 1. The molecule has 0 radical (unpaired) electrons. The minimum Gasteiger partial charge on any atom is -0.490 e. The molecule has 2 rings (SSSR count). The van der Waals surface area contributed by atoms with Crippen molar-refractivity contribution in [2.24, 2.45) is 0 Å². The molecule has 0 bridgehead atoms. The number of benzene rings is 1. The average Bonchev–Trinajstić information content (AvgIpc) is 2.68. The van der Waals surface area contributed by atoms with Crippen LogP contribution in [0.5, 0.6) is 11.5 Å². The predicted molar refractivity (Wildman–Crippen MR) is 74.7 cm³/mol. The lowest BCUT2D eigenvalue weighted by atomic mass is 10.1. The number of aliphatic hydroxyl groups is 1. The molecule has 0 aromatic heterocycles. The Balaban J connectivity index is 1.83. The minimum atomic E-state index is 0.289. The number of rotatable bonds is 7. The summed E-state index contributed by atoms with van der Waals surface area (Å²) in [6, 6.07) is 6.05. The smallest absolute Gasteiger partial charge is 0.165 e. The van der Waals surface area contributed by atoms with Gasteiger partial charge in [0, 0.05) is 25.1 Å². The van der Waals surface area contributed by atoms with Crippen LogP contribution in [0.1, 0.15) is 31.2 Å².